The molecule has 0 amide bonds. The number of aromatic nitrogens is 4. The summed E-state index contributed by atoms with van der Waals surface area (Å²) in [7, 11) is 1.66. The second-order valence-electron chi connectivity index (χ2n) is 9.55. The quantitative estimate of drug-likeness (QED) is 0.267. The number of ether oxygens (including phenoxy) is 1. The van der Waals surface area contributed by atoms with Crippen LogP contribution in [0.2, 0.25) is 0 Å². The van der Waals surface area contributed by atoms with Crippen LogP contribution in [0.4, 0.5) is 30.7 Å². The van der Waals surface area contributed by atoms with Gasteiger partial charge in [0, 0.05) is 42.5 Å². The maximum absolute atomic E-state index is 13.6. The van der Waals surface area contributed by atoms with Gasteiger partial charge in [0.2, 0.25) is 5.88 Å². The third-order valence-electron chi connectivity index (χ3n) is 6.30. The Balaban J connectivity index is 0.000000331. The van der Waals surface area contributed by atoms with Crippen LogP contribution in [0.15, 0.2) is 60.9 Å². The van der Waals surface area contributed by atoms with E-state index in [2.05, 4.69) is 16.0 Å². The molecular formula is C28H26F7N5O5. The Morgan fingerprint density at radius 2 is 1.64 bits per heavy atom. The maximum atomic E-state index is 13.6. The summed E-state index contributed by atoms with van der Waals surface area (Å²) in [6, 6.07) is 14.5. The number of carboxylic acid groups (broad SMARTS) is 2. The van der Waals surface area contributed by atoms with E-state index in [1.165, 1.54) is 12.1 Å². The highest BCUT2D eigenvalue weighted by Gasteiger charge is 2.39. The van der Waals surface area contributed by atoms with Crippen LogP contribution < -0.4 is 4.74 Å². The fraction of sp³-hybridized carbons (Fsp3) is 0.321. The Kier molecular flexibility index (Phi) is 11.4. The number of aliphatic carboxylic acids is 2. The summed E-state index contributed by atoms with van der Waals surface area (Å²) in [4.78, 5) is 29.3. The molecule has 242 valence electrons. The molecule has 3 aromatic heterocycles. The predicted molar refractivity (Wildman–Crippen MR) is 144 cm³/mol. The van der Waals surface area contributed by atoms with E-state index in [9.17, 15) is 30.7 Å². The van der Waals surface area contributed by atoms with Crippen LogP contribution in [0.5, 0.6) is 5.88 Å². The van der Waals surface area contributed by atoms with Crippen molar-refractivity contribution in [3.8, 4) is 17.0 Å². The van der Waals surface area contributed by atoms with Crippen molar-refractivity contribution in [2.24, 2.45) is 0 Å². The van der Waals surface area contributed by atoms with Crippen LogP contribution in [0.1, 0.15) is 30.1 Å². The number of pyridine rings is 2. The third kappa shape index (κ3) is 10.1. The number of nitrogens with zero attached hydrogens (tertiary/aromatic N) is 5. The smallest absolute Gasteiger partial charge is 0.481 e. The number of carboxylic acids is 2. The molecule has 10 nitrogen and oxygen atoms in total. The van der Waals surface area contributed by atoms with Crippen LogP contribution in [0.3, 0.4) is 0 Å². The van der Waals surface area contributed by atoms with Gasteiger partial charge in [0.1, 0.15) is 5.82 Å². The van der Waals surface area contributed by atoms with Crippen LogP contribution >= 0.6 is 0 Å². The lowest BCUT2D eigenvalue weighted by atomic mass is 9.97. The molecule has 0 spiro atoms. The zero-order chi connectivity index (χ0) is 33.4. The minimum absolute atomic E-state index is 0.246. The van der Waals surface area contributed by atoms with Crippen molar-refractivity contribution in [1.29, 1.82) is 0 Å². The molecule has 1 aliphatic rings. The molecule has 1 atom stereocenters. The molecule has 2 N–H and O–H groups in total. The molecule has 1 saturated heterocycles. The number of halogens is 7. The van der Waals surface area contributed by atoms with Gasteiger partial charge in [-0.1, -0.05) is 18.2 Å². The van der Waals surface area contributed by atoms with Gasteiger partial charge in [-0.3, -0.25) is 4.90 Å². The van der Waals surface area contributed by atoms with Crippen molar-refractivity contribution < 1.29 is 55.3 Å². The van der Waals surface area contributed by atoms with Crippen molar-refractivity contribution in [3.05, 3.63) is 78.1 Å². The van der Waals surface area contributed by atoms with E-state index in [4.69, 9.17) is 34.6 Å². The van der Waals surface area contributed by atoms with Crippen molar-refractivity contribution in [1.82, 2.24) is 24.5 Å². The molecule has 17 heteroatoms. The minimum atomic E-state index is -5.08. The summed E-state index contributed by atoms with van der Waals surface area (Å²) in [6.45, 7) is 2.72. The van der Waals surface area contributed by atoms with Crippen molar-refractivity contribution in [3.63, 3.8) is 0 Å². The number of carbonyl (C=O) groups is 2. The Labute approximate surface area is 250 Å². The highest BCUT2D eigenvalue weighted by molar-refractivity contribution is 5.73. The first-order valence-corrected chi connectivity index (χ1v) is 13.0. The van der Waals surface area contributed by atoms with Crippen molar-refractivity contribution in [2.45, 2.75) is 37.7 Å². The van der Waals surface area contributed by atoms with Crippen LogP contribution in [-0.2, 0) is 16.1 Å². The zero-order valence-corrected chi connectivity index (χ0v) is 23.4. The number of methoxy groups -OCH3 is 1. The van der Waals surface area contributed by atoms with Crippen molar-refractivity contribution >= 4 is 17.6 Å². The van der Waals surface area contributed by atoms with E-state index < -0.39 is 24.3 Å². The number of hydrogen-bond donors (Lipinski definition) is 2. The Bertz CT molecular complexity index is 1590. The molecule has 0 radical (unpaired) electrons. The minimum Gasteiger partial charge on any atom is -0.481 e. The molecule has 1 unspecified atom stereocenters. The summed E-state index contributed by atoms with van der Waals surface area (Å²) in [6.07, 6.45) is -4.34. The average molecular weight is 646 g/mol. The van der Waals surface area contributed by atoms with E-state index in [1.54, 1.807) is 23.9 Å². The molecule has 4 heterocycles. The second-order valence-corrected chi connectivity index (χ2v) is 9.55. The molecule has 1 fully saturated rings. The Hall–Kier alpha value is -4.80. The fourth-order valence-electron chi connectivity index (χ4n) is 4.29. The van der Waals surface area contributed by atoms with E-state index >= 15 is 0 Å². The second kappa shape index (κ2) is 14.8. The number of rotatable bonds is 5. The topological polar surface area (TPSA) is 130 Å². The van der Waals surface area contributed by atoms with Gasteiger partial charge in [-0.2, -0.15) is 31.4 Å². The molecule has 0 aliphatic carbocycles. The van der Waals surface area contributed by atoms with Crippen LogP contribution in [-0.4, -0.2) is 79.2 Å². The third-order valence-corrected chi connectivity index (χ3v) is 6.30. The van der Waals surface area contributed by atoms with Gasteiger partial charge in [0.15, 0.2) is 11.5 Å². The first-order valence-electron chi connectivity index (χ1n) is 13.0. The zero-order valence-electron chi connectivity index (χ0n) is 23.4. The number of alkyl halides is 6. The standard InChI is InChI=1S/C24H24FN5O.2C2HF3O2/c1-31-24-20(6-3-11-26-24)15-29-12-4-7-19(14-29)23-27-22-10-9-18(16-30(22)28-23)17-5-2-8-21(25)13-17;2*3-2(4,5)1(6)7/h2-3,5-6,8-11,13,16,19H,4,7,12,14-15H2,1H3;2*(H,6,7). The van der Waals surface area contributed by atoms with Gasteiger partial charge in [-0.05, 0) is 55.3 Å². The van der Waals surface area contributed by atoms with Gasteiger partial charge in [-0.15, -0.1) is 0 Å². The monoisotopic (exact) mass is 645 g/mol. The van der Waals surface area contributed by atoms with E-state index in [0.717, 1.165) is 60.6 Å². The predicted octanol–water partition coefficient (Wildman–Crippen LogP) is 5.59. The molecule has 5 rings (SSSR count). The first kappa shape index (κ1) is 34.7. The molecule has 0 bridgehead atoms. The molecule has 45 heavy (non-hydrogen) atoms. The number of piperidine rings is 1. The lowest BCUT2D eigenvalue weighted by Crippen LogP contribution is -2.34. The summed E-state index contributed by atoms with van der Waals surface area (Å²) in [5, 5.41) is 19.0. The first-order chi connectivity index (χ1) is 21.1. The lowest BCUT2D eigenvalue weighted by Gasteiger charge is -2.31. The number of benzene rings is 1. The van der Waals surface area contributed by atoms with Gasteiger partial charge in [0.25, 0.3) is 0 Å². The normalized spacial score (nSPS) is 15.3. The summed E-state index contributed by atoms with van der Waals surface area (Å²) in [5.41, 5.74) is 3.64. The Morgan fingerprint density at radius 1 is 0.978 bits per heavy atom. The molecule has 1 aliphatic heterocycles. The van der Waals surface area contributed by atoms with E-state index in [-0.39, 0.29) is 11.7 Å². The van der Waals surface area contributed by atoms with Gasteiger partial charge in [-0.25, -0.2) is 28.5 Å². The van der Waals surface area contributed by atoms with Crippen LogP contribution in [0, 0.1) is 5.82 Å². The van der Waals surface area contributed by atoms with Crippen LogP contribution in [0.25, 0.3) is 16.8 Å². The van der Waals surface area contributed by atoms with Gasteiger partial charge < -0.3 is 14.9 Å². The number of hydrogen-bond acceptors (Lipinski definition) is 7. The van der Waals surface area contributed by atoms with E-state index in [1.807, 2.05) is 30.5 Å². The largest absolute Gasteiger partial charge is 0.490 e. The highest BCUT2D eigenvalue weighted by Crippen LogP contribution is 2.28. The molecular weight excluding hydrogens is 619 g/mol. The summed E-state index contributed by atoms with van der Waals surface area (Å²) in [5.74, 6) is -3.95. The number of fused-ring (bicyclic) bond motifs is 1. The molecule has 4 aromatic rings. The maximum Gasteiger partial charge on any atom is 0.490 e. The fourth-order valence-corrected chi connectivity index (χ4v) is 4.29. The van der Waals surface area contributed by atoms with Gasteiger partial charge >= 0.3 is 24.3 Å². The van der Waals surface area contributed by atoms with E-state index in [0.29, 0.717) is 5.88 Å². The molecule has 1 aromatic carbocycles. The molecule has 0 saturated carbocycles. The summed E-state index contributed by atoms with van der Waals surface area (Å²) >= 11 is 0. The SMILES string of the molecule is COc1ncccc1CN1CCCC(c2nc3ccc(-c4cccc(F)c4)cn3n2)C1.O=C(O)C(F)(F)F.O=C(O)C(F)(F)F. The number of likely N-dealkylation sites (tertiary alicyclic amines) is 1. The Morgan fingerprint density at radius 3 is 2.24 bits per heavy atom. The highest BCUT2D eigenvalue weighted by atomic mass is 19.4. The summed E-state index contributed by atoms with van der Waals surface area (Å²) < 4.78 is 84.3. The van der Waals surface area contributed by atoms with Gasteiger partial charge in [0.05, 0.1) is 7.11 Å². The average Bonchev–Trinajstić information content (AvgIpc) is 3.41. The lowest BCUT2D eigenvalue weighted by molar-refractivity contribution is -0.193. The van der Waals surface area contributed by atoms with Crippen molar-refractivity contribution in [2.75, 3.05) is 20.2 Å².